The average Bonchev–Trinajstić information content (AvgIpc) is 2.50. The summed E-state index contributed by atoms with van der Waals surface area (Å²) in [5.74, 6) is -0.846. The van der Waals surface area contributed by atoms with Gasteiger partial charge in [-0.15, -0.1) is 0 Å². The monoisotopic (exact) mass is 283 g/mol. The Kier molecular flexibility index (Phi) is 5.83. The second-order valence-electron chi connectivity index (χ2n) is 5.57. The number of hydrogen-bond donors (Lipinski definition) is 0. The van der Waals surface area contributed by atoms with Gasteiger partial charge >= 0.3 is 5.97 Å². The van der Waals surface area contributed by atoms with Gasteiger partial charge in [0, 0.05) is 13.1 Å². The van der Waals surface area contributed by atoms with Crippen LogP contribution in [0.3, 0.4) is 0 Å². The van der Waals surface area contributed by atoms with E-state index in [0.717, 1.165) is 25.7 Å². The molecular weight excluding hydrogens is 258 g/mol. The van der Waals surface area contributed by atoms with E-state index in [-0.39, 0.29) is 17.8 Å². The van der Waals surface area contributed by atoms with Gasteiger partial charge < -0.3 is 14.4 Å². The minimum Gasteiger partial charge on any atom is -0.465 e. The van der Waals surface area contributed by atoms with Crippen molar-refractivity contribution in [3.8, 4) is 0 Å². The predicted octanol–water partition coefficient (Wildman–Crippen LogP) is 1.60. The molecule has 1 saturated carbocycles. The van der Waals surface area contributed by atoms with Crippen LogP contribution in [0.15, 0.2) is 0 Å². The summed E-state index contributed by atoms with van der Waals surface area (Å²) in [5, 5.41) is 0. The van der Waals surface area contributed by atoms with Gasteiger partial charge in [-0.25, -0.2) is 0 Å². The fraction of sp³-hybridized carbons (Fsp3) is 0.867. The molecule has 0 aromatic rings. The summed E-state index contributed by atoms with van der Waals surface area (Å²) < 4.78 is 10.4. The number of rotatable bonds is 4. The number of amides is 1. The van der Waals surface area contributed by atoms with Crippen LogP contribution in [0.25, 0.3) is 0 Å². The molecule has 1 atom stereocenters. The SMILES string of the molecule is CCOC(=O)[C@H](C(=O)N1CCOCC1)C1CCCCC1. The highest BCUT2D eigenvalue weighted by Gasteiger charge is 2.39. The zero-order chi connectivity index (χ0) is 14.4. The molecule has 0 spiro atoms. The molecule has 114 valence electrons. The number of nitrogens with zero attached hydrogens (tertiary/aromatic N) is 1. The summed E-state index contributed by atoms with van der Waals surface area (Å²) in [6.45, 7) is 4.41. The Bertz CT molecular complexity index is 333. The van der Waals surface area contributed by atoms with Crippen LogP contribution in [-0.4, -0.2) is 49.7 Å². The molecule has 0 N–H and O–H groups in total. The Morgan fingerprint density at radius 3 is 2.45 bits per heavy atom. The molecule has 2 rings (SSSR count). The normalized spacial score (nSPS) is 22.4. The Morgan fingerprint density at radius 1 is 1.20 bits per heavy atom. The maximum Gasteiger partial charge on any atom is 0.318 e. The summed E-state index contributed by atoms with van der Waals surface area (Å²) in [6.07, 6.45) is 5.34. The molecule has 1 heterocycles. The summed E-state index contributed by atoms with van der Waals surface area (Å²) >= 11 is 0. The maximum absolute atomic E-state index is 12.7. The zero-order valence-electron chi connectivity index (χ0n) is 12.3. The van der Waals surface area contributed by atoms with Gasteiger partial charge in [0.25, 0.3) is 0 Å². The van der Waals surface area contributed by atoms with E-state index in [0.29, 0.717) is 32.9 Å². The first kappa shape index (κ1) is 15.3. The summed E-state index contributed by atoms with van der Waals surface area (Å²) in [7, 11) is 0. The number of ether oxygens (including phenoxy) is 2. The topological polar surface area (TPSA) is 55.8 Å². The van der Waals surface area contributed by atoms with Gasteiger partial charge in [-0.05, 0) is 25.7 Å². The molecule has 0 radical (unpaired) electrons. The quantitative estimate of drug-likeness (QED) is 0.581. The highest BCUT2D eigenvalue weighted by Crippen LogP contribution is 2.32. The van der Waals surface area contributed by atoms with E-state index < -0.39 is 5.92 Å². The van der Waals surface area contributed by atoms with E-state index in [1.165, 1.54) is 6.42 Å². The fourth-order valence-electron chi connectivity index (χ4n) is 3.17. The summed E-state index contributed by atoms with van der Waals surface area (Å²) in [5.41, 5.74) is 0. The minimum atomic E-state index is -0.603. The number of morpholine rings is 1. The van der Waals surface area contributed by atoms with Crippen molar-refractivity contribution < 1.29 is 19.1 Å². The van der Waals surface area contributed by atoms with Crippen molar-refractivity contribution in [2.75, 3.05) is 32.9 Å². The second kappa shape index (κ2) is 7.62. The van der Waals surface area contributed by atoms with Crippen LogP contribution in [0, 0.1) is 11.8 Å². The van der Waals surface area contributed by atoms with E-state index in [2.05, 4.69) is 0 Å². The zero-order valence-corrected chi connectivity index (χ0v) is 12.3. The molecule has 0 bridgehead atoms. The van der Waals surface area contributed by atoms with Crippen molar-refractivity contribution in [1.29, 1.82) is 0 Å². The number of carbonyl (C=O) groups excluding carboxylic acids is 2. The standard InChI is InChI=1S/C15H25NO4/c1-2-20-15(18)13(12-6-4-3-5-7-12)14(17)16-8-10-19-11-9-16/h12-13H,2-11H2,1H3/t13-/m0/s1. The van der Waals surface area contributed by atoms with Gasteiger partial charge in [0.2, 0.25) is 5.91 Å². The minimum absolute atomic E-state index is 0.0568. The van der Waals surface area contributed by atoms with E-state index in [9.17, 15) is 9.59 Å². The number of esters is 1. The first-order chi connectivity index (χ1) is 9.74. The van der Waals surface area contributed by atoms with Crippen molar-refractivity contribution >= 4 is 11.9 Å². The molecule has 1 saturated heterocycles. The third-order valence-corrected chi connectivity index (χ3v) is 4.25. The average molecular weight is 283 g/mol. The molecule has 0 aromatic heterocycles. The Morgan fingerprint density at radius 2 is 1.85 bits per heavy atom. The van der Waals surface area contributed by atoms with E-state index in [4.69, 9.17) is 9.47 Å². The van der Waals surface area contributed by atoms with Crippen LogP contribution < -0.4 is 0 Å². The van der Waals surface area contributed by atoms with Crippen LogP contribution in [-0.2, 0) is 19.1 Å². The second-order valence-corrected chi connectivity index (χ2v) is 5.57. The molecule has 1 amide bonds. The molecular formula is C15H25NO4. The molecule has 0 unspecified atom stereocenters. The van der Waals surface area contributed by atoms with Gasteiger partial charge in [-0.2, -0.15) is 0 Å². The lowest BCUT2D eigenvalue weighted by molar-refractivity contribution is -0.160. The van der Waals surface area contributed by atoms with Crippen LogP contribution in [0.2, 0.25) is 0 Å². The van der Waals surface area contributed by atoms with Crippen molar-refractivity contribution in [1.82, 2.24) is 4.90 Å². The molecule has 5 heteroatoms. The largest absolute Gasteiger partial charge is 0.465 e. The van der Waals surface area contributed by atoms with Crippen LogP contribution in [0.5, 0.6) is 0 Å². The highest BCUT2D eigenvalue weighted by molar-refractivity contribution is 5.98. The van der Waals surface area contributed by atoms with Crippen LogP contribution >= 0.6 is 0 Å². The Labute approximate surface area is 120 Å². The Hall–Kier alpha value is -1.10. The summed E-state index contributed by atoms with van der Waals surface area (Å²) in [6, 6.07) is 0. The third kappa shape index (κ3) is 3.72. The van der Waals surface area contributed by atoms with E-state index in [1.807, 2.05) is 0 Å². The molecule has 0 aromatic carbocycles. The molecule has 1 aliphatic heterocycles. The third-order valence-electron chi connectivity index (χ3n) is 4.25. The number of hydrogen-bond acceptors (Lipinski definition) is 4. The lowest BCUT2D eigenvalue weighted by Gasteiger charge is -2.34. The van der Waals surface area contributed by atoms with Gasteiger partial charge in [0.1, 0.15) is 5.92 Å². The van der Waals surface area contributed by atoms with Crippen LogP contribution in [0.4, 0.5) is 0 Å². The van der Waals surface area contributed by atoms with Crippen molar-refractivity contribution in [3.05, 3.63) is 0 Å². The first-order valence-electron chi connectivity index (χ1n) is 7.77. The molecule has 20 heavy (non-hydrogen) atoms. The molecule has 2 aliphatic rings. The number of carbonyl (C=O) groups is 2. The lowest BCUT2D eigenvalue weighted by atomic mass is 9.79. The van der Waals surface area contributed by atoms with E-state index in [1.54, 1.807) is 11.8 Å². The van der Waals surface area contributed by atoms with Gasteiger partial charge in [-0.3, -0.25) is 9.59 Å². The highest BCUT2D eigenvalue weighted by atomic mass is 16.5. The smallest absolute Gasteiger partial charge is 0.318 e. The first-order valence-corrected chi connectivity index (χ1v) is 7.77. The lowest BCUT2D eigenvalue weighted by Crippen LogP contribution is -2.48. The Balaban J connectivity index is 2.07. The molecule has 5 nitrogen and oxygen atoms in total. The van der Waals surface area contributed by atoms with E-state index >= 15 is 0 Å². The van der Waals surface area contributed by atoms with Crippen LogP contribution in [0.1, 0.15) is 39.0 Å². The molecule has 2 fully saturated rings. The fourth-order valence-corrected chi connectivity index (χ4v) is 3.17. The predicted molar refractivity (Wildman–Crippen MR) is 74.1 cm³/mol. The van der Waals surface area contributed by atoms with Gasteiger partial charge in [0.15, 0.2) is 0 Å². The van der Waals surface area contributed by atoms with Crippen molar-refractivity contribution in [2.45, 2.75) is 39.0 Å². The maximum atomic E-state index is 12.7. The summed E-state index contributed by atoms with van der Waals surface area (Å²) in [4.78, 5) is 26.7. The molecule has 1 aliphatic carbocycles. The van der Waals surface area contributed by atoms with Crippen molar-refractivity contribution in [3.63, 3.8) is 0 Å². The van der Waals surface area contributed by atoms with Gasteiger partial charge in [-0.1, -0.05) is 19.3 Å². The van der Waals surface area contributed by atoms with Crippen molar-refractivity contribution in [2.24, 2.45) is 11.8 Å². The van der Waals surface area contributed by atoms with Gasteiger partial charge in [0.05, 0.1) is 19.8 Å².